The molecule has 70 valence electrons. The summed E-state index contributed by atoms with van der Waals surface area (Å²) in [6.45, 7) is 0. The summed E-state index contributed by atoms with van der Waals surface area (Å²) in [5.41, 5.74) is 2.46. The molecule has 0 bridgehead atoms. The number of halogens is 1. The van der Waals surface area contributed by atoms with Crippen molar-refractivity contribution in [2.24, 2.45) is 5.84 Å². The van der Waals surface area contributed by atoms with Crippen LogP contribution in [0.25, 0.3) is 0 Å². The van der Waals surface area contributed by atoms with Crippen molar-refractivity contribution in [2.75, 3.05) is 0 Å². The first kappa shape index (κ1) is 11.8. The second-order valence-electron chi connectivity index (χ2n) is 1.95. The van der Waals surface area contributed by atoms with Gasteiger partial charge in [-0.3, -0.25) is 15.0 Å². The minimum absolute atomic E-state index is 0.403. The van der Waals surface area contributed by atoms with Gasteiger partial charge in [-0.15, -0.1) is 0 Å². The van der Waals surface area contributed by atoms with E-state index in [2.05, 4.69) is 21.8 Å². The molecule has 0 saturated heterocycles. The van der Waals surface area contributed by atoms with Crippen molar-refractivity contribution in [3.63, 3.8) is 0 Å². The molecule has 3 N–H and O–H groups in total. The van der Waals surface area contributed by atoms with Gasteiger partial charge in [-0.1, -0.05) is 28.1 Å². The van der Waals surface area contributed by atoms with Gasteiger partial charge in [0.05, 0.1) is 0 Å². The molecule has 13 heavy (non-hydrogen) atoms. The summed E-state index contributed by atoms with van der Waals surface area (Å²) in [4.78, 5) is 19.0. The molecule has 0 aliphatic carbocycles. The summed E-state index contributed by atoms with van der Waals surface area (Å²) >= 11 is 3.26. The molecule has 0 radical (unpaired) electrons. The Bertz CT molecular complexity index is 261. The van der Waals surface area contributed by atoms with Crippen LogP contribution < -0.4 is 11.3 Å². The number of rotatable bonds is 2. The van der Waals surface area contributed by atoms with Gasteiger partial charge in [-0.05, 0) is 12.1 Å². The molecule has 1 aromatic carbocycles. The summed E-state index contributed by atoms with van der Waals surface area (Å²) < 4.78 is 0.994. The third-order valence-corrected chi connectivity index (χ3v) is 1.60. The van der Waals surface area contributed by atoms with Crippen LogP contribution in [-0.4, -0.2) is 12.7 Å². The molecule has 4 nitrogen and oxygen atoms in total. The summed E-state index contributed by atoms with van der Waals surface area (Å²) in [5, 5.41) is 0. The molecule has 1 aromatic rings. The number of nitrogens with one attached hydrogen (secondary N) is 1. The number of hydrazine groups is 1. The first-order valence-corrected chi connectivity index (χ1v) is 4.14. The van der Waals surface area contributed by atoms with Crippen molar-refractivity contribution in [2.45, 2.75) is 0 Å². The highest BCUT2D eigenvalue weighted by molar-refractivity contribution is 9.10. The van der Waals surface area contributed by atoms with Crippen molar-refractivity contribution in [3.8, 4) is 0 Å². The van der Waals surface area contributed by atoms with E-state index < -0.39 is 0 Å². The first-order chi connectivity index (χ1) is 6.24. The number of carbonyl (C=O) groups is 2. The fraction of sp³-hybridized carbons (Fsp3) is 0. The Kier molecular flexibility index (Phi) is 6.76. The molecule has 0 unspecified atom stereocenters. The van der Waals surface area contributed by atoms with E-state index in [1.165, 1.54) is 0 Å². The zero-order chi connectivity index (χ0) is 10.1. The number of amides is 1. The fourth-order valence-electron chi connectivity index (χ4n) is 0.541. The molecule has 0 heterocycles. The minimum Gasteiger partial charge on any atom is -0.298 e. The van der Waals surface area contributed by atoms with Gasteiger partial charge < -0.3 is 0 Å². The molecule has 1 amide bonds. The molecule has 0 aliphatic heterocycles. The standard InChI is InChI=1S/C7H5BrO.CH4N2O/c8-7-3-1-6(5-9)2-4-7;2-3-1-4/h1-5H;1H,2H2,(H,3,4). The van der Waals surface area contributed by atoms with Crippen molar-refractivity contribution in [1.29, 1.82) is 0 Å². The van der Waals surface area contributed by atoms with Crippen LogP contribution in [0.3, 0.4) is 0 Å². The van der Waals surface area contributed by atoms with Crippen LogP contribution in [0.5, 0.6) is 0 Å². The van der Waals surface area contributed by atoms with Gasteiger partial charge in [0, 0.05) is 10.0 Å². The number of benzene rings is 1. The lowest BCUT2D eigenvalue weighted by Crippen LogP contribution is -2.18. The van der Waals surface area contributed by atoms with Crippen molar-refractivity contribution in [1.82, 2.24) is 5.43 Å². The van der Waals surface area contributed by atoms with E-state index in [0.29, 0.717) is 12.0 Å². The maximum Gasteiger partial charge on any atom is 0.221 e. The molecule has 0 atom stereocenters. The second kappa shape index (κ2) is 7.45. The van der Waals surface area contributed by atoms with Crippen LogP contribution in [0.15, 0.2) is 28.7 Å². The van der Waals surface area contributed by atoms with E-state index in [0.717, 1.165) is 10.8 Å². The van der Waals surface area contributed by atoms with Crippen molar-refractivity contribution >= 4 is 28.6 Å². The van der Waals surface area contributed by atoms with Crippen LogP contribution in [-0.2, 0) is 4.79 Å². The average Bonchev–Trinajstić information content (AvgIpc) is 2.19. The third kappa shape index (κ3) is 6.01. The summed E-state index contributed by atoms with van der Waals surface area (Å²) in [5.74, 6) is 4.41. The predicted molar refractivity (Wildman–Crippen MR) is 52.9 cm³/mol. The third-order valence-electron chi connectivity index (χ3n) is 1.07. The molecule has 0 aromatic heterocycles. The Labute approximate surface area is 84.2 Å². The number of carbonyl (C=O) groups excluding carboxylic acids is 2. The summed E-state index contributed by atoms with van der Waals surface area (Å²) in [6, 6.07) is 7.20. The second-order valence-corrected chi connectivity index (χ2v) is 2.87. The quantitative estimate of drug-likeness (QED) is 0.351. The van der Waals surface area contributed by atoms with Crippen LogP contribution in [0.2, 0.25) is 0 Å². The highest BCUT2D eigenvalue weighted by Crippen LogP contribution is 2.08. The van der Waals surface area contributed by atoms with Crippen LogP contribution in [0.1, 0.15) is 10.4 Å². The van der Waals surface area contributed by atoms with Crippen molar-refractivity contribution in [3.05, 3.63) is 34.3 Å². The van der Waals surface area contributed by atoms with Gasteiger partial charge in [-0.25, -0.2) is 5.84 Å². The maximum atomic E-state index is 10.1. The Morgan fingerprint density at radius 1 is 1.23 bits per heavy atom. The number of nitrogens with two attached hydrogens (primary N) is 1. The largest absolute Gasteiger partial charge is 0.298 e. The highest BCUT2D eigenvalue weighted by Gasteiger charge is 1.86. The van der Waals surface area contributed by atoms with Crippen LogP contribution in [0.4, 0.5) is 0 Å². The van der Waals surface area contributed by atoms with Crippen molar-refractivity contribution < 1.29 is 9.59 Å². The Hall–Kier alpha value is -1.20. The average molecular weight is 245 g/mol. The molecule has 0 aliphatic rings. The number of hydrogen-bond donors (Lipinski definition) is 2. The number of aldehydes is 1. The van der Waals surface area contributed by atoms with E-state index in [-0.39, 0.29) is 0 Å². The van der Waals surface area contributed by atoms with Crippen LogP contribution >= 0.6 is 15.9 Å². The van der Waals surface area contributed by atoms with E-state index >= 15 is 0 Å². The molecule has 1 rings (SSSR count). The minimum atomic E-state index is 0.403. The van der Waals surface area contributed by atoms with Gasteiger partial charge in [-0.2, -0.15) is 0 Å². The lowest BCUT2D eigenvalue weighted by Gasteiger charge is -1.87. The van der Waals surface area contributed by atoms with E-state index in [1.807, 2.05) is 12.1 Å². The zero-order valence-corrected chi connectivity index (χ0v) is 8.32. The summed E-state index contributed by atoms with van der Waals surface area (Å²) in [7, 11) is 0. The zero-order valence-electron chi connectivity index (χ0n) is 6.74. The topological polar surface area (TPSA) is 72.2 Å². The fourth-order valence-corrected chi connectivity index (χ4v) is 0.806. The van der Waals surface area contributed by atoms with Gasteiger partial charge in [0.15, 0.2) is 0 Å². The van der Waals surface area contributed by atoms with Gasteiger partial charge in [0.1, 0.15) is 6.29 Å². The monoisotopic (exact) mass is 244 g/mol. The lowest BCUT2D eigenvalue weighted by atomic mass is 10.2. The Morgan fingerprint density at radius 3 is 2.00 bits per heavy atom. The molecular formula is C8H9BrN2O2. The van der Waals surface area contributed by atoms with E-state index in [1.54, 1.807) is 17.6 Å². The van der Waals surface area contributed by atoms with Gasteiger partial charge in [0.25, 0.3) is 0 Å². The van der Waals surface area contributed by atoms with E-state index in [9.17, 15) is 4.79 Å². The van der Waals surface area contributed by atoms with Gasteiger partial charge in [0.2, 0.25) is 6.41 Å². The number of hydrogen-bond acceptors (Lipinski definition) is 3. The maximum absolute atomic E-state index is 10.1. The lowest BCUT2D eigenvalue weighted by molar-refractivity contribution is -0.109. The predicted octanol–water partition coefficient (Wildman–Crippen LogP) is 0.868. The van der Waals surface area contributed by atoms with Crippen LogP contribution in [0, 0.1) is 0 Å². The smallest absolute Gasteiger partial charge is 0.221 e. The highest BCUT2D eigenvalue weighted by atomic mass is 79.9. The first-order valence-electron chi connectivity index (χ1n) is 3.35. The molecule has 5 heteroatoms. The summed E-state index contributed by atoms with van der Waals surface area (Å²) in [6.07, 6.45) is 1.23. The Balaban J connectivity index is 0.000000310. The molecule has 0 saturated carbocycles. The normalized spacial score (nSPS) is 7.85. The van der Waals surface area contributed by atoms with Gasteiger partial charge >= 0.3 is 0 Å². The van der Waals surface area contributed by atoms with E-state index in [4.69, 9.17) is 4.79 Å². The molecule has 0 spiro atoms. The molecular weight excluding hydrogens is 236 g/mol. The molecule has 0 fully saturated rings. The Morgan fingerprint density at radius 2 is 1.69 bits per heavy atom. The SMILES string of the molecule is NNC=O.O=Cc1ccc(Br)cc1.